The van der Waals surface area contributed by atoms with E-state index < -0.39 is 0 Å². The first-order valence-electron chi connectivity index (χ1n) is 8.08. The molecule has 0 aliphatic carbocycles. The van der Waals surface area contributed by atoms with Gasteiger partial charge < -0.3 is 14.2 Å². The summed E-state index contributed by atoms with van der Waals surface area (Å²) in [5.41, 5.74) is 0. The van der Waals surface area contributed by atoms with Gasteiger partial charge in [0.15, 0.2) is 5.82 Å². The maximum absolute atomic E-state index is 11.8. The number of ether oxygens (including phenoxy) is 1. The van der Waals surface area contributed by atoms with Gasteiger partial charge in [-0.1, -0.05) is 5.16 Å². The molecule has 0 atom stereocenters. The Kier molecular flexibility index (Phi) is 5.04. The molecule has 7 heteroatoms. The molecule has 0 unspecified atom stereocenters. The first-order valence-corrected chi connectivity index (χ1v) is 8.08. The van der Waals surface area contributed by atoms with Gasteiger partial charge in [0.05, 0.1) is 13.2 Å². The Morgan fingerprint density at radius 3 is 2.82 bits per heavy atom. The molecule has 0 bridgehead atoms. The lowest BCUT2D eigenvalue weighted by Crippen LogP contribution is -2.45. The molecule has 2 saturated heterocycles. The smallest absolute Gasteiger partial charge is 0.240 e. The van der Waals surface area contributed by atoms with Crippen LogP contribution in [0.4, 0.5) is 0 Å². The van der Waals surface area contributed by atoms with Crippen LogP contribution in [-0.2, 0) is 22.5 Å². The number of carbonyl (C=O) groups is 1. The van der Waals surface area contributed by atoms with Crippen LogP contribution in [0.25, 0.3) is 0 Å². The molecule has 0 saturated carbocycles. The molecular weight excluding hydrogens is 284 g/mol. The normalized spacial score (nSPS) is 21.0. The summed E-state index contributed by atoms with van der Waals surface area (Å²) in [5.74, 6) is 1.70. The highest BCUT2D eigenvalue weighted by molar-refractivity contribution is 5.78. The summed E-state index contributed by atoms with van der Waals surface area (Å²) >= 11 is 0. The molecule has 1 aromatic rings. The molecule has 122 valence electrons. The number of rotatable bonds is 6. The average molecular weight is 308 g/mol. The van der Waals surface area contributed by atoms with Gasteiger partial charge in [0.25, 0.3) is 0 Å². The molecule has 2 aliphatic heterocycles. The van der Waals surface area contributed by atoms with Crippen LogP contribution in [-0.4, -0.2) is 65.2 Å². The van der Waals surface area contributed by atoms with Gasteiger partial charge in [-0.2, -0.15) is 4.98 Å². The largest absolute Gasteiger partial charge is 0.384 e. The summed E-state index contributed by atoms with van der Waals surface area (Å²) in [5, 5.41) is 3.96. The van der Waals surface area contributed by atoms with E-state index in [0.29, 0.717) is 43.2 Å². The Morgan fingerprint density at radius 2 is 2.14 bits per heavy atom. The SMILES string of the molecule is COCCc1noc(CN2CCC(N3CCCC3=O)CC2)n1. The summed E-state index contributed by atoms with van der Waals surface area (Å²) < 4.78 is 10.3. The minimum atomic E-state index is 0.332. The topological polar surface area (TPSA) is 71.7 Å². The van der Waals surface area contributed by atoms with E-state index in [0.717, 1.165) is 45.3 Å². The van der Waals surface area contributed by atoms with Crippen molar-refractivity contribution in [1.29, 1.82) is 0 Å². The van der Waals surface area contributed by atoms with Crippen LogP contribution in [0.15, 0.2) is 4.52 Å². The molecule has 1 amide bonds. The fourth-order valence-corrected chi connectivity index (χ4v) is 3.28. The van der Waals surface area contributed by atoms with Gasteiger partial charge in [-0.15, -0.1) is 0 Å². The minimum Gasteiger partial charge on any atom is -0.384 e. The average Bonchev–Trinajstić information content (AvgIpc) is 3.15. The lowest BCUT2D eigenvalue weighted by Gasteiger charge is -2.36. The first kappa shape index (κ1) is 15.4. The molecule has 0 spiro atoms. The molecular formula is C15H24N4O3. The fraction of sp³-hybridized carbons (Fsp3) is 0.800. The lowest BCUT2D eigenvalue weighted by atomic mass is 10.0. The molecule has 1 aromatic heterocycles. The highest BCUT2D eigenvalue weighted by Crippen LogP contribution is 2.22. The van der Waals surface area contributed by atoms with Crippen LogP contribution in [0, 0.1) is 0 Å². The molecule has 3 heterocycles. The zero-order chi connectivity index (χ0) is 15.4. The number of piperidine rings is 1. The monoisotopic (exact) mass is 308 g/mol. The Bertz CT molecular complexity index is 497. The van der Waals surface area contributed by atoms with Crippen molar-refractivity contribution >= 4 is 5.91 Å². The van der Waals surface area contributed by atoms with E-state index in [-0.39, 0.29) is 0 Å². The molecule has 0 radical (unpaired) electrons. The third kappa shape index (κ3) is 3.64. The number of carbonyl (C=O) groups excluding carboxylic acids is 1. The summed E-state index contributed by atoms with van der Waals surface area (Å²) in [6.07, 6.45) is 4.50. The van der Waals surface area contributed by atoms with Gasteiger partial charge in [-0.05, 0) is 19.3 Å². The zero-order valence-corrected chi connectivity index (χ0v) is 13.2. The van der Waals surface area contributed by atoms with Crippen molar-refractivity contribution in [2.45, 2.75) is 44.7 Å². The molecule has 2 aliphatic rings. The van der Waals surface area contributed by atoms with Gasteiger partial charge >= 0.3 is 0 Å². The maximum atomic E-state index is 11.8. The van der Waals surface area contributed by atoms with Crippen LogP contribution in [0.3, 0.4) is 0 Å². The lowest BCUT2D eigenvalue weighted by molar-refractivity contribution is -0.130. The third-order valence-corrected chi connectivity index (χ3v) is 4.51. The second kappa shape index (κ2) is 7.19. The predicted molar refractivity (Wildman–Crippen MR) is 79.1 cm³/mol. The fourth-order valence-electron chi connectivity index (χ4n) is 3.28. The number of aromatic nitrogens is 2. The number of nitrogens with zero attached hydrogens (tertiary/aromatic N) is 4. The Hall–Kier alpha value is -1.47. The van der Waals surface area contributed by atoms with Crippen molar-refractivity contribution < 1.29 is 14.1 Å². The quantitative estimate of drug-likeness (QED) is 0.776. The van der Waals surface area contributed by atoms with E-state index in [1.165, 1.54) is 0 Å². The van der Waals surface area contributed by atoms with Crippen LogP contribution >= 0.6 is 0 Å². The van der Waals surface area contributed by atoms with E-state index in [9.17, 15) is 4.79 Å². The van der Waals surface area contributed by atoms with Crippen molar-refractivity contribution in [3.8, 4) is 0 Å². The van der Waals surface area contributed by atoms with Crippen LogP contribution < -0.4 is 0 Å². The van der Waals surface area contributed by atoms with Crippen molar-refractivity contribution in [2.24, 2.45) is 0 Å². The van der Waals surface area contributed by atoms with Gasteiger partial charge in [0.1, 0.15) is 0 Å². The highest BCUT2D eigenvalue weighted by Gasteiger charge is 2.30. The van der Waals surface area contributed by atoms with Crippen molar-refractivity contribution in [2.75, 3.05) is 33.4 Å². The molecule has 0 aromatic carbocycles. The summed E-state index contributed by atoms with van der Waals surface area (Å²) in [4.78, 5) is 20.6. The number of hydrogen-bond acceptors (Lipinski definition) is 6. The van der Waals surface area contributed by atoms with Gasteiger partial charge in [-0.25, -0.2) is 0 Å². The molecule has 0 N–H and O–H groups in total. The number of methoxy groups -OCH3 is 1. The van der Waals surface area contributed by atoms with Crippen LogP contribution in [0.1, 0.15) is 37.4 Å². The minimum absolute atomic E-state index is 0.332. The van der Waals surface area contributed by atoms with E-state index >= 15 is 0 Å². The molecule has 22 heavy (non-hydrogen) atoms. The second-order valence-corrected chi connectivity index (χ2v) is 6.05. The van der Waals surface area contributed by atoms with E-state index in [1.807, 2.05) is 0 Å². The van der Waals surface area contributed by atoms with E-state index in [2.05, 4.69) is 19.9 Å². The van der Waals surface area contributed by atoms with E-state index in [4.69, 9.17) is 9.26 Å². The first-order chi connectivity index (χ1) is 10.8. The van der Waals surface area contributed by atoms with E-state index in [1.54, 1.807) is 7.11 Å². The molecule has 3 rings (SSSR count). The Morgan fingerprint density at radius 1 is 1.32 bits per heavy atom. The van der Waals surface area contributed by atoms with Crippen LogP contribution in [0.2, 0.25) is 0 Å². The number of amides is 1. The summed E-state index contributed by atoms with van der Waals surface area (Å²) in [6, 6.07) is 0.422. The van der Waals surface area contributed by atoms with Crippen LogP contribution in [0.5, 0.6) is 0 Å². The predicted octanol–water partition coefficient (Wildman–Crippen LogP) is 0.845. The standard InChI is InChI=1S/C15H24N4O3/c1-21-10-6-13-16-14(22-17-13)11-18-8-4-12(5-9-18)19-7-2-3-15(19)20/h12H,2-11H2,1H3. The highest BCUT2D eigenvalue weighted by atomic mass is 16.5. The van der Waals surface area contributed by atoms with Crippen molar-refractivity contribution in [3.63, 3.8) is 0 Å². The summed E-state index contributed by atoms with van der Waals surface area (Å²) in [6.45, 7) is 4.19. The van der Waals surface area contributed by atoms with Crippen molar-refractivity contribution in [3.05, 3.63) is 11.7 Å². The van der Waals surface area contributed by atoms with Gasteiger partial charge in [-0.3, -0.25) is 9.69 Å². The molecule has 7 nitrogen and oxygen atoms in total. The van der Waals surface area contributed by atoms with Gasteiger partial charge in [0, 0.05) is 45.6 Å². The Balaban J connectivity index is 1.45. The van der Waals surface area contributed by atoms with Crippen molar-refractivity contribution in [1.82, 2.24) is 19.9 Å². The number of hydrogen-bond donors (Lipinski definition) is 0. The number of likely N-dealkylation sites (tertiary alicyclic amines) is 2. The zero-order valence-electron chi connectivity index (χ0n) is 13.2. The maximum Gasteiger partial charge on any atom is 0.240 e. The van der Waals surface area contributed by atoms with Gasteiger partial charge in [0.2, 0.25) is 11.8 Å². The Labute approximate surface area is 130 Å². The third-order valence-electron chi connectivity index (χ3n) is 4.51. The molecule has 2 fully saturated rings. The second-order valence-electron chi connectivity index (χ2n) is 6.05. The summed E-state index contributed by atoms with van der Waals surface area (Å²) in [7, 11) is 1.66.